The Hall–Kier alpha value is 0.0500. The second-order valence-corrected chi connectivity index (χ2v) is 1.60. The molecule has 0 unspecified atom stereocenters. The van der Waals surface area contributed by atoms with E-state index in [0.717, 1.165) is 4.86 Å². The number of nitrogens with two attached hydrogens (primary N) is 1. The molecule has 5 heavy (non-hydrogen) atoms. The molecule has 0 aliphatic rings. The fourth-order valence-corrected chi connectivity index (χ4v) is 0. The van der Waals surface area contributed by atoms with Crippen LogP contribution in [0.5, 0.6) is 0 Å². The van der Waals surface area contributed by atoms with Crippen molar-refractivity contribution < 1.29 is 0 Å². The van der Waals surface area contributed by atoms with E-state index in [9.17, 15) is 0 Å². The van der Waals surface area contributed by atoms with E-state index in [1.54, 1.807) is 0 Å². The molecule has 0 saturated heterocycles. The standard InChI is InChI=1S/C3H7NS/c1-3(5)2-4/h2,4H2,1H3. The van der Waals surface area contributed by atoms with Crippen LogP contribution in [0.4, 0.5) is 0 Å². The van der Waals surface area contributed by atoms with Gasteiger partial charge in [0.2, 0.25) is 0 Å². The van der Waals surface area contributed by atoms with Crippen molar-refractivity contribution in [3.05, 3.63) is 0 Å². The lowest BCUT2D eigenvalue weighted by Crippen LogP contribution is -2.05. The van der Waals surface area contributed by atoms with Crippen LogP contribution in [0.3, 0.4) is 0 Å². The molecule has 0 atom stereocenters. The summed E-state index contributed by atoms with van der Waals surface area (Å²) in [7, 11) is 0. The summed E-state index contributed by atoms with van der Waals surface area (Å²) >= 11 is 4.57. The Bertz CT molecular complexity index is 42.2. The maximum absolute atomic E-state index is 5.03. The molecule has 0 aromatic carbocycles. The molecule has 30 valence electrons. The molecule has 0 aromatic heterocycles. The Kier molecular flexibility index (Phi) is 2.32. The minimum atomic E-state index is 0.537. The second-order valence-electron chi connectivity index (χ2n) is 0.906. The van der Waals surface area contributed by atoms with Crippen LogP contribution < -0.4 is 5.73 Å². The highest BCUT2D eigenvalue weighted by Crippen LogP contribution is 1.62. The molecule has 0 saturated carbocycles. The minimum Gasteiger partial charge on any atom is -0.326 e. The van der Waals surface area contributed by atoms with Gasteiger partial charge in [0.25, 0.3) is 0 Å². The van der Waals surface area contributed by atoms with Crippen LogP contribution in [0.15, 0.2) is 0 Å². The molecule has 0 spiro atoms. The van der Waals surface area contributed by atoms with Crippen molar-refractivity contribution >= 4 is 17.1 Å². The number of hydrogen-bond donors (Lipinski definition) is 1. The van der Waals surface area contributed by atoms with Gasteiger partial charge >= 0.3 is 0 Å². The SMILES string of the molecule is CC(=S)CN. The molecule has 0 amide bonds. The second kappa shape index (κ2) is 2.30. The van der Waals surface area contributed by atoms with Crippen LogP contribution in [0.1, 0.15) is 6.92 Å². The van der Waals surface area contributed by atoms with Crippen molar-refractivity contribution in [3.63, 3.8) is 0 Å². The Balaban J connectivity index is 2.85. The monoisotopic (exact) mass is 89.0 g/mol. The largest absolute Gasteiger partial charge is 0.326 e. The topological polar surface area (TPSA) is 26.0 Å². The van der Waals surface area contributed by atoms with E-state index in [4.69, 9.17) is 5.73 Å². The molecule has 0 aliphatic carbocycles. The van der Waals surface area contributed by atoms with Gasteiger partial charge in [0.1, 0.15) is 0 Å². The van der Waals surface area contributed by atoms with E-state index in [2.05, 4.69) is 12.2 Å². The Labute approximate surface area is 37.2 Å². The maximum atomic E-state index is 5.03. The van der Waals surface area contributed by atoms with Gasteiger partial charge in [0.05, 0.1) is 0 Å². The summed E-state index contributed by atoms with van der Waals surface area (Å²) in [6.07, 6.45) is 0. The smallest absolute Gasteiger partial charge is 0.0239 e. The van der Waals surface area contributed by atoms with Crippen molar-refractivity contribution in [2.24, 2.45) is 5.73 Å². The van der Waals surface area contributed by atoms with Crippen molar-refractivity contribution in [2.75, 3.05) is 6.54 Å². The Morgan fingerprint density at radius 2 is 2.20 bits per heavy atom. The van der Waals surface area contributed by atoms with Crippen LogP contribution >= 0.6 is 12.2 Å². The fourth-order valence-electron chi connectivity index (χ4n) is 0. The highest BCUT2D eigenvalue weighted by Gasteiger charge is 1.70. The van der Waals surface area contributed by atoms with Gasteiger partial charge in [-0.1, -0.05) is 12.2 Å². The molecular weight excluding hydrogens is 82.1 g/mol. The Morgan fingerprint density at radius 1 is 2.00 bits per heavy atom. The predicted molar refractivity (Wildman–Crippen MR) is 27.3 cm³/mol. The van der Waals surface area contributed by atoms with Crippen LogP contribution in [0.2, 0.25) is 0 Å². The average molecular weight is 89.2 g/mol. The summed E-state index contributed by atoms with van der Waals surface area (Å²) in [4.78, 5) is 0.866. The molecule has 0 aliphatic heterocycles. The lowest BCUT2D eigenvalue weighted by Gasteiger charge is -1.77. The van der Waals surface area contributed by atoms with Gasteiger partial charge in [-0.2, -0.15) is 0 Å². The third kappa shape index (κ3) is 4.05. The fraction of sp³-hybridized carbons (Fsp3) is 0.667. The highest BCUT2D eigenvalue weighted by atomic mass is 32.1. The van der Waals surface area contributed by atoms with Crippen LogP contribution in [0.25, 0.3) is 0 Å². The van der Waals surface area contributed by atoms with E-state index in [1.807, 2.05) is 6.92 Å². The minimum absolute atomic E-state index is 0.537. The highest BCUT2D eigenvalue weighted by molar-refractivity contribution is 7.80. The molecule has 0 radical (unpaired) electrons. The maximum Gasteiger partial charge on any atom is 0.0239 e. The lowest BCUT2D eigenvalue weighted by molar-refractivity contribution is 1.32. The van der Waals surface area contributed by atoms with Gasteiger partial charge in [-0.3, -0.25) is 0 Å². The first-order valence-electron chi connectivity index (χ1n) is 1.47. The van der Waals surface area contributed by atoms with E-state index in [1.165, 1.54) is 0 Å². The molecule has 2 N–H and O–H groups in total. The van der Waals surface area contributed by atoms with E-state index in [0.29, 0.717) is 6.54 Å². The molecule has 0 rings (SSSR count). The summed E-state index contributed by atoms with van der Waals surface area (Å²) in [5.74, 6) is 0. The first kappa shape index (κ1) is 5.05. The molecule has 0 heterocycles. The number of hydrogen-bond acceptors (Lipinski definition) is 2. The van der Waals surface area contributed by atoms with Crippen LogP contribution in [-0.4, -0.2) is 11.4 Å². The van der Waals surface area contributed by atoms with Crippen molar-refractivity contribution in [1.82, 2.24) is 0 Å². The molecular formula is C3H7NS. The third-order valence-electron chi connectivity index (χ3n) is 0.287. The Morgan fingerprint density at radius 3 is 2.20 bits per heavy atom. The van der Waals surface area contributed by atoms with Gasteiger partial charge in [-0.15, -0.1) is 0 Å². The summed E-state index contributed by atoms with van der Waals surface area (Å²) < 4.78 is 0. The molecule has 0 fully saturated rings. The van der Waals surface area contributed by atoms with Gasteiger partial charge in [0.15, 0.2) is 0 Å². The summed E-state index contributed by atoms with van der Waals surface area (Å²) in [6, 6.07) is 0. The first-order valence-corrected chi connectivity index (χ1v) is 1.87. The van der Waals surface area contributed by atoms with Gasteiger partial charge in [0, 0.05) is 11.4 Å². The summed E-state index contributed by atoms with van der Waals surface area (Å²) in [5.41, 5.74) is 5.03. The van der Waals surface area contributed by atoms with Crippen LogP contribution in [-0.2, 0) is 0 Å². The quantitative estimate of drug-likeness (QED) is 0.469. The number of rotatable bonds is 1. The van der Waals surface area contributed by atoms with Crippen molar-refractivity contribution in [3.8, 4) is 0 Å². The van der Waals surface area contributed by atoms with E-state index in [-0.39, 0.29) is 0 Å². The molecule has 0 bridgehead atoms. The van der Waals surface area contributed by atoms with Crippen molar-refractivity contribution in [1.29, 1.82) is 0 Å². The van der Waals surface area contributed by atoms with Crippen molar-refractivity contribution in [2.45, 2.75) is 6.92 Å². The lowest BCUT2D eigenvalue weighted by atomic mass is 10.5. The van der Waals surface area contributed by atoms with Gasteiger partial charge < -0.3 is 5.73 Å². The molecule has 2 heteroatoms. The van der Waals surface area contributed by atoms with E-state index >= 15 is 0 Å². The van der Waals surface area contributed by atoms with Gasteiger partial charge in [-0.05, 0) is 6.92 Å². The summed E-state index contributed by atoms with van der Waals surface area (Å²) in [6.45, 7) is 2.37. The zero-order valence-electron chi connectivity index (χ0n) is 3.19. The zero-order chi connectivity index (χ0) is 4.28. The van der Waals surface area contributed by atoms with E-state index < -0.39 is 0 Å². The normalized spacial score (nSPS) is 7.60. The summed E-state index contributed by atoms with van der Waals surface area (Å²) in [5, 5.41) is 0. The third-order valence-corrected chi connectivity index (χ3v) is 0.454. The average Bonchev–Trinajstić information content (AvgIpc) is 1.38. The predicted octanol–water partition coefficient (Wildman–Crippen LogP) is 0.335. The first-order chi connectivity index (χ1) is 2.27. The molecule has 0 aromatic rings. The zero-order valence-corrected chi connectivity index (χ0v) is 4.01. The van der Waals surface area contributed by atoms with Crippen LogP contribution in [0, 0.1) is 0 Å². The van der Waals surface area contributed by atoms with Gasteiger partial charge in [-0.25, -0.2) is 0 Å². The molecule has 1 nitrogen and oxygen atoms in total. The number of thiocarbonyl (C=S) groups is 1.